The molecule has 2 aromatic heterocycles. The normalized spacial score (nSPS) is 10.9. The maximum atomic E-state index is 12.0. The first kappa shape index (κ1) is 17.7. The molecule has 0 saturated heterocycles. The summed E-state index contributed by atoms with van der Waals surface area (Å²) >= 11 is 0. The molecule has 3 aromatic rings. The summed E-state index contributed by atoms with van der Waals surface area (Å²) in [7, 11) is 0. The number of ether oxygens (including phenoxy) is 1. The summed E-state index contributed by atoms with van der Waals surface area (Å²) in [5, 5.41) is 3.65. The number of pyridine rings is 1. The molecule has 2 heterocycles. The van der Waals surface area contributed by atoms with E-state index in [-0.39, 0.29) is 17.7 Å². The molecule has 0 bridgehead atoms. The first-order valence-electron chi connectivity index (χ1n) is 8.39. The molecule has 0 unspecified atom stereocenters. The Labute approximate surface area is 150 Å². The molecule has 1 N–H and O–H groups in total. The molecule has 0 saturated carbocycles. The van der Waals surface area contributed by atoms with E-state index in [0.29, 0.717) is 23.4 Å². The SMILES string of the molecule is Cc1cc(=O)oc2cc(Oc3ncccc3NC(=O)CC(C)C)ccc12. The van der Waals surface area contributed by atoms with Gasteiger partial charge in [-0.3, -0.25) is 4.79 Å². The van der Waals surface area contributed by atoms with Gasteiger partial charge >= 0.3 is 5.63 Å². The average molecular weight is 352 g/mol. The van der Waals surface area contributed by atoms with E-state index in [1.807, 2.05) is 26.8 Å². The minimum atomic E-state index is -0.411. The van der Waals surface area contributed by atoms with Crippen LogP contribution in [0.5, 0.6) is 11.6 Å². The quantitative estimate of drug-likeness (QED) is 0.693. The van der Waals surface area contributed by atoms with Crippen molar-refractivity contribution in [3.63, 3.8) is 0 Å². The molecule has 1 aromatic carbocycles. The number of hydrogen-bond acceptors (Lipinski definition) is 5. The van der Waals surface area contributed by atoms with E-state index in [1.165, 1.54) is 6.07 Å². The van der Waals surface area contributed by atoms with Gasteiger partial charge in [-0.15, -0.1) is 0 Å². The maximum Gasteiger partial charge on any atom is 0.336 e. The van der Waals surface area contributed by atoms with E-state index >= 15 is 0 Å². The number of nitrogens with zero attached hydrogens (tertiary/aromatic N) is 1. The van der Waals surface area contributed by atoms with Crippen molar-refractivity contribution < 1.29 is 13.9 Å². The van der Waals surface area contributed by atoms with Gasteiger partial charge in [0.15, 0.2) is 0 Å². The minimum Gasteiger partial charge on any atom is -0.437 e. The Morgan fingerprint density at radius 1 is 1.27 bits per heavy atom. The summed E-state index contributed by atoms with van der Waals surface area (Å²) in [6, 6.07) is 10.1. The number of nitrogens with one attached hydrogen (secondary N) is 1. The lowest BCUT2D eigenvalue weighted by Gasteiger charge is -2.12. The number of benzene rings is 1. The second kappa shape index (κ2) is 7.39. The van der Waals surface area contributed by atoms with Crippen molar-refractivity contribution in [2.45, 2.75) is 27.2 Å². The van der Waals surface area contributed by atoms with E-state index < -0.39 is 5.63 Å². The Balaban J connectivity index is 1.88. The van der Waals surface area contributed by atoms with Crippen molar-refractivity contribution in [2.24, 2.45) is 5.92 Å². The zero-order valence-corrected chi connectivity index (χ0v) is 14.9. The van der Waals surface area contributed by atoms with Crippen LogP contribution in [0, 0.1) is 12.8 Å². The minimum absolute atomic E-state index is 0.0991. The van der Waals surface area contributed by atoms with E-state index in [2.05, 4.69) is 10.3 Å². The van der Waals surface area contributed by atoms with Crippen LogP contribution in [0.3, 0.4) is 0 Å². The molecule has 0 radical (unpaired) electrons. The molecular weight excluding hydrogens is 332 g/mol. The highest BCUT2D eigenvalue weighted by Gasteiger charge is 2.12. The second-order valence-corrected chi connectivity index (χ2v) is 6.51. The van der Waals surface area contributed by atoms with Crippen LogP contribution in [-0.4, -0.2) is 10.9 Å². The molecule has 134 valence electrons. The monoisotopic (exact) mass is 352 g/mol. The summed E-state index contributed by atoms with van der Waals surface area (Å²) in [6.07, 6.45) is 1.99. The third-order valence-electron chi connectivity index (χ3n) is 3.78. The number of aromatic nitrogens is 1. The molecule has 1 amide bonds. The van der Waals surface area contributed by atoms with Gasteiger partial charge in [-0.1, -0.05) is 13.8 Å². The Hall–Kier alpha value is -3.15. The summed E-state index contributed by atoms with van der Waals surface area (Å²) in [5.41, 5.74) is 1.35. The topological polar surface area (TPSA) is 81.4 Å². The number of aryl methyl sites for hydroxylation is 1. The molecule has 0 atom stereocenters. The number of hydrogen-bond donors (Lipinski definition) is 1. The van der Waals surface area contributed by atoms with Crippen LogP contribution in [-0.2, 0) is 4.79 Å². The first-order valence-corrected chi connectivity index (χ1v) is 8.39. The first-order chi connectivity index (χ1) is 12.4. The number of rotatable bonds is 5. The number of amides is 1. The lowest BCUT2D eigenvalue weighted by molar-refractivity contribution is -0.116. The average Bonchev–Trinajstić information content (AvgIpc) is 2.55. The lowest BCUT2D eigenvalue weighted by atomic mass is 10.1. The molecule has 3 rings (SSSR count). The zero-order valence-electron chi connectivity index (χ0n) is 14.9. The standard InChI is InChI=1S/C20H20N2O4/c1-12(2)9-18(23)22-16-5-4-8-21-20(16)25-14-6-7-15-13(3)10-19(24)26-17(15)11-14/h4-8,10-12H,9H2,1-3H3,(H,22,23). The van der Waals surface area contributed by atoms with Crippen molar-refractivity contribution in [3.05, 3.63) is 58.6 Å². The number of carbonyl (C=O) groups excluding carboxylic acids is 1. The van der Waals surface area contributed by atoms with Crippen molar-refractivity contribution in [3.8, 4) is 11.6 Å². The molecule has 6 heteroatoms. The van der Waals surface area contributed by atoms with Gasteiger partial charge in [0.1, 0.15) is 17.0 Å². The van der Waals surface area contributed by atoms with Gasteiger partial charge in [0.05, 0.1) is 0 Å². The molecule has 0 aliphatic rings. The molecular formula is C20H20N2O4. The number of carbonyl (C=O) groups is 1. The second-order valence-electron chi connectivity index (χ2n) is 6.51. The van der Waals surface area contributed by atoms with Gasteiger partial charge in [0.2, 0.25) is 11.8 Å². The fraction of sp³-hybridized carbons (Fsp3) is 0.250. The van der Waals surface area contributed by atoms with Crippen molar-refractivity contribution in [1.82, 2.24) is 4.98 Å². The van der Waals surface area contributed by atoms with Crippen LogP contribution < -0.4 is 15.7 Å². The van der Waals surface area contributed by atoms with Gasteiger partial charge < -0.3 is 14.5 Å². The third kappa shape index (κ3) is 4.08. The maximum absolute atomic E-state index is 12.0. The number of fused-ring (bicyclic) bond motifs is 1. The summed E-state index contributed by atoms with van der Waals surface area (Å²) in [4.78, 5) is 27.8. The Bertz CT molecular complexity index is 1010. The fourth-order valence-electron chi connectivity index (χ4n) is 2.62. The predicted molar refractivity (Wildman–Crippen MR) is 99.6 cm³/mol. The predicted octanol–water partition coefficient (Wildman–Crippen LogP) is 4.27. The Morgan fingerprint density at radius 2 is 2.08 bits per heavy atom. The van der Waals surface area contributed by atoms with Crippen molar-refractivity contribution in [2.75, 3.05) is 5.32 Å². The summed E-state index contributed by atoms with van der Waals surface area (Å²) in [6.45, 7) is 5.80. The smallest absolute Gasteiger partial charge is 0.336 e. The van der Waals surface area contributed by atoms with Crippen LogP contribution in [0.1, 0.15) is 25.8 Å². The molecule has 0 fully saturated rings. The lowest BCUT2D eigenvalue weighted by Crippen LogP contribution is -2.14. The summed E-state index contributed by atoms with van der Waals surface area (Å²) < 4.78 is 11.0. The van der Waals surface area contributed by atoms with Gasteiger partial charge in [-0.25, -0.2) is 9.78 Å². The van der Waals surface area contributed by atoms with Crippen LogP contribution in [0.4, 0.5) is 5.69 Å². The van der Waals surface area contributed by atoms with Gasteiger partial charge in [0, 0.05) is 30.1 Å². The molecule has 0 aliphatic heterocycles. The largest absolute Gasteiger partial charge is 0.437 e. The molecule has 0 spiro atoms. The van der Waals surface area contributed by atoms with E-state index in [9.17, 15) is 9.59 Å². The van der Waals surface area contributed by atoms with Gasteiger partial charge in [0.25, 0.3) is 0 Å². The van der Waals surface area contributed by atoms with Crippen LogP contribution in [0.15, 0.2) is 51.8 Å². The zero-order chi connectivity index (χ0) is 18.7. The van der Waals surface area contributed by atoms with Crippen LogP contribution >= 0.6 is 0 Å². The van der Waals surface area contributed by atoms with Crippen LogP contribution in [0.25, 0.3) is 11.0 Å². The van der Waals surface area contributed by atoms with E-state index in [4.69, 9.17) is 9.15 Å². The van der Waals surface area contributed by atoms with Crippen molar-refractivity contribution in [1.29, 1.82) is 0 Å². The third-order valence-corrected chi connectivity index (χ3v) is 3.78. The Morgan fingerprint density at radius 3 is 2.85 bits per heavy atom. The summed E-state index contributed by atoms with van der Waals surface area (Å²) in [5.74, 6) is 0.893. The molecule has 26 heavy (non-hydrogen) atoms. The highest BCUT2D eigenvalue weighted by atomic mass is 16.5. The molecule has 6 nitrogen and oxygen atoms in total. The van der Waals surface area contributed by atoms with Gasteiger partial charge in [-0.05, 0) is 42.7 Å². The highest BCUT2D eigenvalue weighted by molar-refractivity contribution is 5.92. The highest BCUT2D eigenvalue weighted by Crippen LogP contribution is 2.29. The Kier molecular flexibility index (Phi) is 5.02. The van der Waals surface area contributed by atoms with E-state index in [1.54, 1.807) is 30.5 Å². The number of anilines is 1. The molecule has 0 aliphatic carbocycles. The van der Waals surface area contributed by atoms with E-state index in [0.717, 1.165) is 10.9 Å². The van der Waals surface area contributed by atoms with Crippen LogP contribution in [0.2, 0.25) is 0 Å². The fourth-order valence-corrected chi connectivity index (χ4v) is 2.62. The van der Waals surface area contributed by atoms with Gasteiger partial charge in [-0.2, -0.15) is 0 Å². The van der Waals surface area contributed by atoms with Crippen molar-refractivity contribution >= 4 is 22.6 Å².